The van der Waals surface area contributed by atoms with Crippen molar-refractivity contribution in [3.63, 3.8) is 0 Å². The fourth-order valence-electron chi connectivity index (χ4n) is 1.72. The second-order valence-electron chi connectivity index (χ2n) is 3.96. The Kier molecular flexibility index (Phi) is 3.62. The molecule has 0 radical (unpaired) electrons. The molecule has 4 N–H and O–H groups in total. The van der Waals surface area contributed by atoms with Crippen LogP contribution in [0.4, 0.5) is 17.1 Å². The number of amides is 1. The van der Waals surface area contributed by atoms with Gasteiger partial charge in [0.2, 0.25) is 0 Å². The Balaban J connectivity index is 2.36. The van der Waals surface area contributed by atoms with Gasteiger partial charge in [0.15, 0.2) is 0 Å². The first-order valence-electron chi connectivity index (χ1n) is 5.57. The maximum Gasteiger partial charge on any atom is 0.306 e. The van der Waals surface area contributed by atoms with E-state index in [1.165, 1.54) is 29.1 Å². The molecule has 0 saturated heterocycles. The summed E-state index contributed by atoms with van der Waals surface area (Å²) in [5, 5.41) is 17.5. The standard InChI is InChI=1S/C11H12N6O3/c1-16-6-7(5-13-16)14-11(18)8-3-2-4-9(15-12)10(8)17(19)20/h2-6,15H,12H2,1H3,(H,14,18). The molecule has 0 unspecified atom stereocenters. The lowest BCUT2D eigenvalue weighted by atomic mass is 10.1. The Labute approximate surface area is 113 Å². The minimum atomic E-state index is -0.659. The highest BCUT2D eigenvalue weighted by molar-refractivity contribution is 6.08. The van der Waals surface area contributed by atoms with Crippen molar-refractivity contribution in [3.8, 4) is 0 Å². The normalized spacial score (nSPS) is 10.1. The van der Waals surface area contributed by atoms with E-state index in [0.29, 0.717) is 5.69 Å². The lowest BCUT2D eigenvalue weighted by Crippen LogP contribution is -2.16. The fraction of sp³-hybridized carbons (Fsp3) is 0.0909. The monoisotopic (exact) mass is 276 g/mol. The molecule has 1 aromatic carbocycles. The van der Waals surface area contributed by atoms with Gasteiger partial charge in [-0.25, -0.2) is 0 Å². The van der Waals surface area contributed by atoms with Crippen LogP contribution in [0.25, 0.3) is 0 Å². The zero-order chi connectivity index (χ0) is 14.7. The van der Waals surface area contributed by atoms with Gasteiger partial charge in [-0.1, -0.05) is 6.07 Å². The van der Waals surface area contributed by atoms with Crippen LogP contribution < -0.4 is 16.6 Å². The predicted octanol–water partition coefficient (Wildman–Crippen LogP) is 0.866. The number of nitrogen functional groups attached to an aromatic ring is 1. The SMILES string of the molecule is Cn1cc(NC(=O)c2cccc(NN)c2[N+](=O)[O-])cn1. The van der Waals surface area contributed by atoms with Crippen LogP contribution in [0.2, 0.25) is 0 Å². The van der Waals surface area contributed by atoms with E-state index in [1.807, 2.05) is 0 Å². The molecule has 0 fully saturated rings. The van der Waals surface area contributed by atoms with Crippen molar-refractivity contribution in [1.82, 2.24) is 9.78 Å². The van der Waals surface area contributed by atoms with Gasteiger partial charge in [0.1, 0.15) is 11.3 Å². The minimum Gasteiger partial charge on any atom is -0.319 e. The third-order valence-corrected chi connectivity index (χ3v) is 2.58. The molecular formula is C11H12N6O3. The van der Waals surface area contributed by atoms with Gasteiger partial charge >= 0.3 is 5.69 Å². The lowest BCUT2D eigenvalue weighted by molar-refractivity contribution is -0.384. The van der Waals surface area contributed by atoms with Crippen molar-refractivity contribution in [2.75, 3.05) is 10.7 Å². The van der Waals surface area contributed by atoms with Gasteiger partial charge in [-0.2, -0.15) is 5.10 Å². The van der Waals surface area contributed by atoms with Crippen molar-refractivity contribution in [2.45, 2.75) is 0 Å². The fourth-order valence-corrected chi connectivity index (χ4v) is 1.72. The molecule has 0 aliphatic carbocycles. The summed E-state index contributed by atoms with van der Waals surface area (Å²) in [6, 6.07) is 4.27. The Morgan fingerprint density at radius 2 is 2.25 bits per heavy atom. The number of aryl methyl sites for hydroxylation is 1. The number of nitrogens with one attached hydrogen (secondary N) is 2. The molecule has 20 heavy (non-hydrogen) atoms. The van der Waals surface area contributed by atoms with Gasteiger partial charge in [0.05, 0.1) is 16.8 Å². The summed E-state index contributed by atoms with van der Waals surface area (Å²) in [5.41, 5.74) is 2.24. The third-order valence-electron chi connectivity index (χ3n) is 2.58. The maximum atomic E-state index is 12.1. The van der Waals surface area contributed by atoms with Crippen LogP contribution in [-0.4, -0.2) is 20.6 Å². The minimum absolute atomic E-state index is 0.0637. The number of benzene rings is 1. The Hall–Kier alpha value is -2.94. The average Bonchev–Trinajstić information content (AvgIpc) is 2.82. The second kappa shape index (κ2) is 5.36. The third kappa shape index (κ3) is 2.57. The summed E-state index contributed by atoms with van der Waals surface area (Å²) >= 11 is 0. The molecule has 0 atom stereocenters. The number of rotatable bonds is 4. The van der Waals surface area contributed by atoms with Gasteiger partial charge in [0, 0.05) is 13.2 Å². The van der Waals surface area contributed by atoms with E-state index >= 15 is 0 Å². The van der Waals surface area contributed by atoms with E-state index in [1.54, 1.807) is 13.2 Å². The quantitative estimate of drug-likeness (QED) is 0.431. The Morgan fingerprint density at radius 1 is 1.50 bits per heavy atom. The molecule has 104 valence electrons. The van der Waals surface area contributed by atoms with E-state index < -0.39 is 10.8 Å². The van der Waals surface area contributed by atoms with E-state index in [-0.39, 0.29) is 16.9 Å². The van der Waals surface area contributed by atoms with Crippen molar-refractivity contribution < 1.29 is 9.72 Å². The summed E-state index contributed by atoms with van der Waals surface area (Å²) in [7, 11) is 1.69. The Bertz CT molecular complexity index is 666. The van der Waals surface area contributed by atoms with Crippen LogP contribution in [0.3, 0.4) is 0 Å². The van der Waals surface area contributed by atoms with Gasteiger partial charge in [-0.3, -0.25) is 25.4 Å². The van der Waals surface area contributed by atoms with Gasteiger partial charge in [-0.05, 0) is 12.1 Å². The first-order chi connectivity index (χ1) is 9.52. The Morgan fingerprint density at radius 3 is 2.80 bits per heavy atom. The molecule has 2 aromatic rings. The zero-order valence-electron chi connectivity index (χ0n) is 10.5. The van der Waals surface area contributed by atoms with Crippen LogP contribution in [0.1, 0.15) is 10.4 Å². The topological polar surface area (TPSA) is 128 Å². The lowest BCUT2D eigenvalue weighted by Gasteiger charge is -2.07. The molecule has 9 heteroatoms. The average molecular weight is 276 g/mol. The first-order valence-corrected chi connectivity index (χ1v) is 5.57. The van der Waals surface area contributed by atoms with Crippen molar-refractivity contribution in [2.24, 2.45) is 12.9 Å². The number of hydrogen-bond acceptors (Lipinski definition) is 6. The number of carbonyl (C=O) groups is 1. The summed E-state index contributed by atoms with van der Waals surface area (Å²) in [6.45, 7) is 0. The second-order valence-corrected chi connectivity index (χ2v) is 3.96. The summed E-state index contributed by atoms with van der Waals surface area (Å²) < 4.78 is 1.50. The molecule has 1 heterocycles. The van der Waals surface area contributed by atoms with E-state index in [9.17, 15) is 14.9 Å². The molecule has 0 saturated carbocycles. The number of hydrazine groups is 1. The summed E-state index contributed by atoms with van der Waals surface area (Å²) in [5.74, 6) is 4.60. The molecule has 9 nitrogen and oxygen atoms in total. The maximum absolute atomic E-state index is 12.1. The van der Waals surface area contributed by atoms with Crippen molar-refractivity contribution in [1.29, 1.82) is 0 Å². The molecule has 0 bridgehead atoms. The number of nitrogens with zero attached hydrogens (tertiary/aromatic N) is 3. The number of anilines is 2. The summed E-state index contributed by atoms with van der Waals surface area (Å²) in [6.07, 6.45) is 3.02. The number of hydrogen-bond donors (Lipinski definition) is 3. The molecular weight excluding hydrogens is 264 g/mol. The first kappa shape index (κ1) is 13.5. The smallest absolute Gasteiger partial charge is 0.306 e. The van der Waals surface area contributed by atoms with E-state index in [4.69, 9.17) is 5.84 Å². The van der Waals surface area contributed by atoms with Crippen LogP contribution in [0, 0.1) is 10.1 Å². The number of nitro benzene ring substituents is 1. The number of para-hydroxylation sites is 1. The van der Waals surface area contributed by atoms with Crippen molar-refractivity contribution in [3.05, 3.63) is 46.3 Å². The highest BCUT2D eigenvalue weighted by Crippen LogP contribution is 2.28. The largest absolute Gasteiger partial charge is 0.319 e. The highest BCUT2D eigenvalue weighted by atomic mass is 16.6. The number of nitro groups is 1. The van der Waals surface area contributed by atoms with Crippen molar-refractivity contribution >= 4 is 23.0 Å². The molecule has 0 aliphatic rings. The van der Waals surface area contributed by atoms with Crippen LogP contribution in [0.15, 0.2) is 30.6 Å². The van der Waals surface area contributed by atoms with Crippen LogP contribution >= 0.6 is 0 Å². The van der Waals surface area contributed by atoms with Crippen LogP contribution in [0.5, 0.6) is 0 Å². The van der Waals surface area contributed by atoms with Gasteiger partial charge in [-0.15, -0.1) is 0 Å². The molecule has 1 amide bonds. The number of nitrogens with two attached hydrogens (primary N) is 1. The number of carbonyl (C=O) groups excluding carboxylic acids is 1. The van der Waals surface area contributed by atoms with E-state index in [2.05, 4.69) is 15.8 Å². The van der Waals surface area contributed by atoms with Crippen LogP contribution in [-0.2, 0) is 7.05 Å². The molecule has 1 aromatic heterocycles. The molecule has 0 aliphatic heterocycles. The predicted molar refractivity (Wildman–Crippen MR) is 72.1 cm³/mol. The van der Waals surface area contributed by atoms with Gasteiger partial charge < -0.3 is 10.7 Å². The molecule has 2 rings (SSSR count). The highest BCUT2D eigenvalue weighted by Gasteiger charge is 2.24. The van der Waals surface area contributed by atoms with Gasteiger partial charge in [0.25, 0.3) is 5.91 Å². The zero-order valence-corrected chi connectivity index (χ0v) is 10.5. The number of aromatic nitrogens is 2. The molecule has 0 spiro atoms. The summed E-state index contributed by atoms with van der Waals surface area (Å²) in [4.78, 5) is 22.5. The van der Waals surface area contributed by atoms with E-state index in [0.717, 1.165) is 0 Å².